The molecule has 0 aromatic carbocycles. The number of aliphatic hydroxyl groups excluding tert-OH is 1. The second-order valence-corrected chi connectivity index (χ2v) is 6.13. The van der Waals surface area contributed by atoms with Crippen molar-refractivity contribution in [3.05, 3.63) is 45.0 Å². The van der Waals surface area contributed by atoms with E-state index in [-0.39, 0.29) is 18.4 Å². The molecule has 2 aromatic heterocycles. The van der Waals surface area contributed by atoms with Crippen molar-refractivity contribution in [2.24, 2.45) is 0 Å². The van der Waals surface area contributed by atoms with E-state index in [0.717, 1.165) is 6.42 Å². The molecular formula is C14H16BrNO3S. The Morgan fingerprint density at radius 3 is 2.85 bits per heavy atom. The first-order valence-corrected chi connectivity index (χ1v) is 8.05. The fraction of sp³-hybridized carbons (Fsp3) is 0.357. The zero-order valence-electron chi connectivity index (χ0n) is 10.8. The summed E-state index contributed by atoms with van der Waals surface area (Å²) in [7, 11) is 0. The van der Waals surface area contributed by atoms with Gasteiger partial charge in [0.05, 0.1) is 0 Å². The van der Waals surface area contributed by atoms with Gasteiger partial charge in [-0.1, -0.05) is 6.07 Å². The summed E-state index contributed by atoms with van der Waals surface area (Å²) in [6.07, 6.45) is 1.51. The van der Waals surface area contributed by atoms with Crippen molar-refractivity contribution >= 4 is 33.2 Å². The summed E-state index contributed by atoms with van der Waals surface area (Å²) in [5, 5.41) is 14.0. The van der Waals surface area contributed by atoms with Crippen molar-refractivity contribution in [1.82, 2.24) is 5.32 Å². The van der Waals surface area contributed by atoms with Crippen LogP contribution in [0.4, 0.5) is 0 Å². The molecule has 4 nitrogen and oxygen atoms in total. The molecule has 2 N–H and O–H groups in total. The Morgan fingerprint density at radius 1 is 1.40 bits per heavy atom. The molecule has 108 valence electrons. The van der Waals surface area contributed by atoms with Crippen LogP contribution in [0.2, 0.25) is 0 Å². The third kappa shape index (κ3) is 4.19. The molecule has 0 aliphatic rings. The zero-order chi connectivity index (χ0) is 14.4. The molecule has 0 saturated carbocycles. The molecule has 0 bridgehead atoms. The molecule has 2 rings (SSSR count). The Balaban J connectivity index is 1.83. The van der Waals surface area contributed by atoms with Gasteiger partial charge >= 0.3 is 0 Å². The Hall–Kier alpha value is -1.11. The molecule has 0 saturated heterocycles. The molecule has 0 aliphatic heterocycles. The molecule has 1 amide bonds. The first kappa shape index (κ1) is 15.3. The van der Waals surface area contributed by atoms with Crippen molar-refractivity contribution in [2.75, 3.05) is 13.2 Å². The van der Waals surface area contributed by atoms with Crippen LogP contribution < -0.4 is 5.32 Å². The number of hydrogen-bond donors (Lipinski definition) is 2. The summed E-state index contributed by atoms with van der Waals surface area (Å²) in [6.45, 7) is 0.710. The van der Waals surface area contributed by atoms with Crippen LogP contribution in [-0.2, 0) is 0 Å². The minimum Gasteiger partial charge on any atom is -0.444 e. The van der Waals surface area contributed by atoms with Gasteiger partial charge in [0, 0.05) is 18.0 Å². The standard InChI is InChI=1S/C14H16BrNO3S/c15-13-4-3-11(19-13)14(18)16-7-5-10(6-8-17)12-2-1-9-20-12/h1-4,9-10,17H,5-8H2,(H,16,18)/t10-/m0/s1. The fourth-order valence-corrected chi connectivity index (χ4v) is 3.20. The van der Waals surface area contributed by atoms with E-state index in [1.807, 2.05) is 11.4 Å². The van der Waals surface area contributed by atoms with E-state index < -0.39 is 0 Å². The van der Waals surface area contributed by atoms with Gasteiger partial charge in [-0.3, -0.25) is 4.79 Å². The number of hydrogen-bond acceptors (Lipinski definition) is 4. The molecule has 2 heterocycles. The summed E-state index contributed by atoms with van der Waals surface area (Å²) < 4.78 is 5.73. The van der Waals surface area contributed by atoms with Crippen molar-refractivity contribution in [1.29, 1.82) is 0 Å². The SMILES string of the molecule is O=C(NCC[C@@H](CCO)c1cccs1)c1ccc(Br)o1. The number of carbonyl (C=O) groups excluding carboxylic acids is 1. The lowest BCUT2D eigenvalue weighted by Crippen LogP contribution is -2.25. The summed E-state index contributed by atoms with van der Waals surface area (Å²) in [4.78, 5) is 13.1. The Kier molecular flexibility index (Phi) is 5.82. The summed E-state index contributed by atoms with van der Waals surface area (Å²) in [5.74, 6) is 0.361. The molecular weight excluding hydrogens is 342 g/mol. The second kappa shape index (κ2) is 7.61. The number of amides is 1. The van der Waals surface area contributed by atoms with Gasteiger partial charge in [0.15, 0.2) is 10.4 Å². The van der Waals surface area contributed by atoms with Crippen LogP contribution in [0.3, 0.4) is 0 Å². The van der Waals surface area contributed by atoms with Crippen LogP contribution in [0.15, 0.2) is 38.7 Å². The molecule has 0 unspecified atom stereocenters. The zero-order valence-corrected chi connectivity index (χ0v) is 13.2. The summed E-state index contributed by atoms with van der Waals surface area (Å²) in [6, 6.07) is 7.39. The highest BCUT2D eigenvalue weighted by Gasteiger charge is 2.14. The summed E-state index contributed by atoms with van der Waals surface area (Å²) in [5.41, 5.74) is 0. The van der Waals surface area contributed by atoms with E-state index >= 15 is 0 Å². The number of halogens is 1. The van der Waals surface area contributed by atoms with E-state index in [2.05, 4.69) is 27.3 Å². The second-order valence-electron chi connectivity index (χ2n) is 4.37. The average Bonchev–Trinajstić information content (AvgIpc) is 3.08. The molecule has 0 fully saturated rings. The molecule has 0 aliphatic carbocycles. The molecule has 1 atom stereocenters. The molecule has 2 aromatic rings. The van der Waals surface area contributed by atoms with E-state index in [4.69, 9.17) is 9.52 Å². The van der Waals surface area contributed by atoms with Gasteiger partial charge < -0.3 is 14.8 Å². The van der Waals surface area contributed by atoms with E-state index in [0.29, 0.717) is 23.4 Å². The number of rotatable bonds is 7. The predicted octanol–water partition coefficient (Wildman–Crippen LogP) is 3.39. The first-order valence-electron chi connectivity index (χ1n) is 6.38. The third-order valence-electron chi connectivity index (χ3n) is 3.00. The third-order valence-corrected chi connectivity index (χ3v) is 4.46. The van der Waals surface area contributed by atoms with E-state index in [1.54, 1.807) is 23.5 Å². The Morgan fingerprint density at radius 2 is 2.25 bits per heavy atom. The lowest BCUT2D eigenvalue weighted by molar-refractivity contribution is 0.0923. The minimum absolute atomic E-state index is 0.154. The predicted molar refractivity (Wildman–Crippen MR) is 82.1 cm³/mol. The van der Waals surface area contributed by atoms with E-state index in [1.165, 1.54) is 4.88 Å². The quantitative estimate of drug-likeness (QED) is 0.798. The lowest BCUT2D eigenvalue weighted by Gasteiger charge is -2.14. The smallest absolute Gasteiger partial charge is 0.287 e. The lowest BCUT2D eigenvalue weighted by atomic mass is 10.00. The van der Waals surface area contributed by atoms with Crippen LogP contribution in [0.25, 0.3) is 0 Å². The Labute approximate surface area is 129 Å². The topological polar surface area (TPSA) is 62.5 Å². The maximum Gasteiger partial charge on any atom is 0.287 e. The number of thiophene rings is 1. The van der Waals surface area contributed by atoms with Gasteiger partial charge in [-0.25, -0.2) is 0 Å². The molecule has 6 heteroatoms. The number of nitrogens with one attached hydrogen (secondary N) is 1. The van der Waals surface area contributed by atoms with Crippen LogP contribution in [0.1, 0.15) is 34.2 Å². The molecule has 20 heavy (non-hydrogen) atoms. The van der Waals surface area contributed by atoms with Gasteiger partial charge in [-0.05, 0) is 58.3 Å². The average molecular weight is 358 g/mol. The summed E-state index contributed by atoms with van der Waals surface area (Å²) >= 11 is 4.85. The minimum atomic E-state index is -0.218. The van der Waals surface area contributed by atoms with Crippen molar-refractivity contribution < 1.29 is 14.3 Å². The van der Waals surface area contributed by atoms with Crippen molar-refractivity contribution in [2.45, 2.75) is 18.8 Å². The van der Waals surface area contributed by atoms with Gasteiger partial charge in [-0.15, -0.1) is 11.3 Å². The highest BCUT2D eigenvalue weighted by atomic mass is 79.9. The largest absolute Gasteiger partial charge is 0.444 e. The van der Waals surface area contributed by atoms with E-state index in [9.17, 15) is 4.79 Å². The van der Waals surface area contributed by atoms with Gasteiger partial charge in [0.2, 0.25) is 0 Å². The van der Waals surface area contributed by atoms with Crippen LogP contribution in [0, 0.1) is 0 Å². The van der Waals surface area contributed by atoms with Gasteiger partial charge in [-0.2, -0.15) is 0 Å². The van der Waals surface area contributed by atoms with Crippen molar-refractivity contribution in [3.63, 3.8) is 0 Å². The first-order chi connectivity index (χ1) is 9.70. The monoisotopic (exact) mass is 357 g/mol. The highest BCUT2D eigenvalue weighted by molar-refractivity contribution is 9.10. The number of aliphatic hydroxyl groups is 1. The van der Waals surface area contributed by atoms with Crippen molar-refractivity contribution in [3.8, 4) is 0 Å². The molecule has 0 radical (unpaired) electrons. The molecule has 0 spiro atoms. The number of carbonyl (C=O) groups is 1. The highest BCUT2D eigenvalue weighted by Crippen LogP contribution is 2.26. The normalized spacial score (nSPS) is 12.3. The van der Waals surface area contributed by atoms with Crippen LogP contribution in [-0.4, -0.2) is 24.2 Å². The number of furan rings is 1. The fourth-order valence-electron chi connectivity index (χ4n) is 1.99. The maximum absolute atomic E-state index is 11.8. The maximum atomic E-state index is 11.8. The van der Waals surface area contributed by atoms with Crippen LogP contribution in [0.5, 0.6) is 0 Å². The van der Waals surface area contributed by atoms with Crippen LogP contribution >= 0.6 is 27.3 Å². The Bertz CT molecular complexity index is 538. The van der Waals surface area contributed by atoms with Gasteiger partial charge in [0.1, 0.15) is 0 Å². The van der Waals surface area contributed by atoms with Gasteiger partial charge in [0.25, 0.3) is 5.91 Å².